The van der Waals surface area contributed by atoms with E-state index in [-0.39, 0.29) is 13.5 Å². The predicted molar refractivity (Wildman–Crippen MR) is 108 cm³/mol. The summed E-state index contributed by atoms with van der Waals surface area (Å²) in [6.07, 6.45) is 3.77. The number of hydrogen-bond donors (Lipinski definition) is 2. The topological polar surface area (TPSA) is 72.6 Å². The molecule has 1 aromatic carbocycles. The zero-order valence-electron chi connectivity index (χ0n) is 14.3. The van der Waals surface area contributed by atoms with E-state index in [9.17, 15) is 0 Å². The molecule has 25 heavy (non-hydrogen) atoms. The Morgan fingerprint density at radius 1 is 1.16 bits per heavy atom. The van der Waals surface area contributed by atoms with Crippen molar-refractivity contribution in [3.05, 3.63) is 42.6 Å². The average molecular weight is 381 g/mol. The largest absolute Gasteiger partial charge is 0.497 e. The van der Waals surface area contributed by atoms with Gasteiger partial charge in [0.15, 0.2) is 0 Å². The molecule has 3 rings (SSSR count). The highest BCUT2D eigenvalue weighted by atomic mass is 32.2. The maximum absolute atomic E-state index is 5.74. The Hall–Kier alpha value is -1.45. The Balaban J connectivity index is 0.00000225. The standard InChI is InChI=1S/C17H22N4O2S.H2S/c1-21(24-23-20-15-9-14(18)10-15)17-8-5-13(11-19-17)12-3-6-16(22-2)7-4-12;/h3-8,11,14-15,20H,9-10,18H2,1-2H3;1H2/t14-,15+;. The normalized spacial score (nSPS) is 18.8. The quantitative estimate of drug-likeness (QED) is 0.435. The molecule has 0 unspecified atom stereocenters. The third-order valence-corrected chi connectivity index (χ3v) is 4.61. The number of hydroxylamine groups is 1. The van der Waals surface area contributed by atoms with Crippen molar-refractivity contribution >= 4 is 31.5 Å². The fourth-order valence-electron chi connectivity index (χ4n) is 2.47. The Labute approximate surface area is 159 Å². The van der Waals surface area contributed by atoms with Crippen LogP contribution in [0, 0.1) is 0 Å². The highest BCUT2D eigenvalue weighted by Gasteiger charge is 2.26. The lowest BCUT2D eigenvalue weighted by molar-refractivity contribution is 0.127. The van der Waals surface area contributed by atoms with Crippen LogP contribution in [0.4, 0.5) is 5.82 Å². The third-order valence-electron chi connectivity index (χ3n) is 4.03. The summed E-state index contributed by atoms with van der Waals surface area (Å²) >= 11 is 1.22. The molecule has 0 saturated heterocycles. The van der Waals surface area contributed by atoms with E-state index in [0.29, 0.717) is 12.1 Å². The van der Waals surface area contributed by atoms with E-state index in [1.165, 1.54) is 12.2 Å². The van der Waals surface area contributed by atoms with Gasteiger partial charge < -0.3 is 10.5 Å². The molecule has 1 aromatic heterocycles. The van der Waals surface area contributed by atoms with Crippen LogP contribution in [0.15, 0.2) is 42.6 Å². The predicted octanol–water partition coefficient (Wildman–Crippen LogP) is 2.88. The van der Waals surface area contributed by atoms with Crippen molar-refractivity contribution in [3.8, 4) is 16.9 Å². The molecule has 0 radical (unpaired) electrons. The van der Waals surface area contributed by atoms with Gasteiger partial charge in [-0.05, 0) is 42.7 Å². The van der Waals surface area contributed by atoms with Crippen LogP contribution in [0.1, 0.15) is 12.8 Å². The van der Waals surface area contributed by atoms with E-state index < -0.39 is 0 Å². The molecule has 2 aromatic rings. The highest BCUT2D eigenvalue weighted by molar-refractivity contribution is 7.96. The van der Waals surface area contributed by atoms with E-state index in [1.807, 2.05) is 53.9 Å². The molecular weight excluding hydrogens is 356 g/mol. The second kappa shape index (κ2) is 9.30. The lowest BCUT2D eigenvalue weighted by atomic mass is 9.88. The monoisotopic (exact) mass is 380 g/mol. The first-order chi connectivity index (χ1) is 11.7. The summed E-state index contributed by atoms with van der Waals surface area (Å²) in [7, 11) is 3.57. The van der Waals surface area contributed by atoms with E-state index in [0.717, 1.165) is 35.5 Å². The number of benzene rings is 1. The summed E-state index contributed by atoms with van der Waals surface area (Å²) in [4.78, 5) is 4.49. The van der Waals surface area contributed by atoms with Crippen LogP contribution >= 0.6 is 25.7 Å². The maximum atomic E-state index is 5.74. The zero-order valence-corrected chi connectivity index (χ0v) is 16.1. The molecule has 1 aliphatic rings. The molecule has 0 amide bonds. The first kappa shape index (κ1) is 19.9. The van der Waals surface area contributed by atoms with Gasteiger partial charge in [-0.25, -0.2) is 9.27 Å². The smallest absolute Gasteiger partial charge is 0.139 e. The van der Waals surface area contributed by atoms with Crippen LogP contribution in [-0.2, 0) is 4.28 Å². The van der Waals surface area contributed by atoms with E-state index >= 15 is 0 Å². The lowest BCUT2D eigenvalue weighted by Gasteiger charge is -2.32. The fraction of sp³-hybridized carbons (Fsp3) is 0.353. The minimum absolute atomic E-state index is 0. The van der Waals surface area contributed by atoms with Crippen molar-refractivity contribution in [2.24, 2.45) is 5.73 Å². The van der Waals surface area contributed by atoms with Crippen LogP contribution < -0.4 is 20.3 Å². The summed E-state index contributed by atoms with van der Waals surface area (Å²) in [5.74, 6) is 1.67. The summed E-state index contributed by atoms with van der Waals surface area (Å²) in [6, 6.07) is 12.6. The van der Waals surface area contributed by atoms with Crippen LogP contribution in [0.5, 0.6) is 5.75 Å². The van der Waals surface area contributed by atoms with Gasteiger partial charge in [-0.15, -0.1) is 0 Å². The Kier molecular flexibility index (Phi) is 7.39. The highest BCUT2D eigenvalue weighted by Crippen LogP contribution is 2.25. The number of nitrogens with two attached hydrogens (primary N) is 1. The van der Waals surface area contributed by atoms with Crippen LogP contribution in [0.2, 0.25) is 0 Å². The van der Waals surface area contributed by atoms with Crippen molar-refractivity contribution < 1.29 is 9.02 Å². The van der Waals surface area contributed by atoms with Crippen LogP contribution in [0.3, 0.4) is 0 Å². The summed E-state index contributed by atoms with van der Waals surface area (Å²) < 4.78 is 12.5. The summed E-state index contributed by atoms with van der Waals surface area (Å²) in [6.45, 7) is 0. The minimum Gasteiger partial charge on any atom is -0.497 e. The molecule has 1 fully saturated rings. The molecule has 3 N–H and O–H groups in total. The molecule has 1 aliphatic carbocycles. The Morgan fingerprint density at radius 2 is 1.84 bits per heavy atom. The molecule has 1 saturated carbocycles. The number of pyridine rings is 1. The molecule has 1 heterocycles. The van der Waals surface area contributed by atoms with E-state index in [1.54, 1.807) is 7.11 Å². The fourth-order valence-corrected chi connectivity index (χ4v) is 2.94. The number of nitrogens with zero attached hydrogens (tertiary/aromatic N) is 2. The van der Waals surface area contributed by atoms with Gasteiger partial charge in [0, 0.05) is 30.9 Å². The van der Waals surface area contributed by atoms with Gasteiger partial charge in [-0.1, -0.05) is 12.1 Å². The molecule has 0 aliphatic heterocycles. The minimum atomic E-state index is 0. The SMILES string of the molecule is COc1ccc(-c2ccc(N(C)SON[C@H]3C[C@@H](N)C3)nc2)cc1.S. The number of rotatable bonds is 7. The number of hydrogen-bond acceptors (Lipinski definition) is 7. The molecular formula is C17H24N4O2S2. The number of ether oxygens (including phenoxy) is 1. The number of nitrogens with one attached hydrogen (secondary N) is 1. The van der Waals surface area contributed by atoms with Crippen molar-refractivity contribution in [2.45, 2.75) is 24.9 Å². The lowest BCUT2D eigenvalue weighted by Crippen LogP contribution is -2.47. The van der Waals surface area contributed by atoms with Crippen molar-refractivity contribution in [1.82, 2.24) is 10.5 Å². The molecule has 0 atom stereocenters. The zero-order chi connectivity index (χ0) is 16.9. The van der Waals surface area contributed by atoms with Gasteiger partial charge in [0.1, 0.15) is 23.8 Å². The Morgan fingerprint density at radius 3 is 2.40 bits per heavy atom. The van der Waals surface area contributed by atoms with E-state index in [2.05, 4.69) is 10.5 Å². The van der Waals surface area contributed by atoms with Gasteiger partial charge in [0.05, 0.1) is 7.11 Å². The number of methoxy groups -OCH3 is 1. The summed E-state index contributed by atoms with van der Waals surface area (Å²) in [5, 5.41) is 0. The molecule has 0 spiro atoms. The van der Waals surface area contributed by atoms with Crippen LogP contribution in [-0.4, -0.2) is 31.2 Å². The van der Waals surface area contributed by atoms with Crippen molar-refractivity contribution in [1.29, 1.82) is 0 Å². The van der Waals surface area contributed by atoms with Crippen LogP contribution in [0.25, 0.3) is 11.1 Å². The third kappa shape index (κ3) is 5.26. The first-order valence-electron chi connectivity index (χ1n) is 7.84. The Bertz CT molecular complexity index is 649. The molecule has 6 nitrogen and oxygen atoms in total. The second-order valence-corrected chi connectivity index (χ2v) is 6.70. The average Bonchev–Trinajstić information content (AvgIpc) is 2.60. The van der Waals surface area contributed by atoms with Gasteiger partial charge in [-0.2, -0.15) is 19.0 Å². The molecule has 136 valence electrons. The maximum Gasteiger partial charge on any atom is 0.139 e. The molecule has 8 heteroatoms. The second-order valence-electron chi connectivity index (χ2n) is 5.84. The van der Waals surface area contributed by atoms with Crippen molar-refractivity contribution in [2.75, 3.05) is 18.5 Å². The van der Waals surface area contributed by atoms with E-state index in [4.69, 9.17) is 14.8 Å². The number of anilines is 1. The molecule has 0 bridgehead atoms. The van der Waals surface area contributed by atoms with Crippen molar-refractivity contribution in [3.63, 3.8) is 0 Å². The van der Waals surface area contributed by atoms with Gasteiger partial charge >= 0.3 is 0 Å². The number of aromatic nitrogens is 1. The van der Waals surface area contributed by atoms with Gasteiger partial charge in [0.25, 0.3) is 0 Å². The first-order valence-corrected chi connectivity index (χ1v) is 8.54. The van der Waals surface area contributed by atoms with Gasteiger partial charge in [0.2, 0.25) is 0 Å². The van der Waals surface area contributed by atoms with Gasteiger partial charge in [-0.3, -0.25) is 4.31 Å². The summed E-state index contributed by atoms with van der Waals surface area (Å²) in [5.41, 5.74) is 10.9.